The molecule has 0 radical (unpaired) electrons. The van der Waals surface area contributed by atoms with E-state index in [1.165, 1.54) is 6.33 Å². The number of hydrogen-bond acceptors (Lipinski definition) is 13. The molecule has 1 aliphatic rings. The molecular formula is C15H19N11O5S. The molecule has 16 nitrogen and oxygen atoms in total. The first-order valence-corrected chi connectivity index (χ1v) is 9.46. The molecule has 4 aromatic rings. The Balaban J connectivity index is 0.000000186. The van der Waals surface area contributed by atoms with Crippen LogP contribution in [0.4, 0.5) is 17.8 Å². The van der Waals surface area contributed by atoms with Crippen LogP contribution >= 0.6 is 12.2 Å². The highest BCUT2D eigenvalue weighted by Gasteiger charge is 2.44. The summed E-state index contributed by atoms with van der Waals surface area (Å²) in [5, 5.41) is 28.9. The highest BCUT2D eigenvalue weighted by atomic mass is 32.1. The Labute approximate surface area is 182 Å². The molecule has 4 atom stereocenters. The summed E-state index contributed by atoms with van der Waals surface area (Å²) in [5.74, 6) is -0.00145. The molecule has 17 heteroatoms. The van der Waals surface area contributed by atoms with Gasteiger partial charge in [0.25, 0.3) is 5.56 Å². The number of anilines is 3. The zero-order valence-corrected chi connectivity index (χ0v) is 16.9. The number of nitrogens with zero attached hydrogens (tertiary/aromatic N) is 5. The summed E-state index contributed by atoms with van der Waals surface area (Å²) >= 11 is 4.91. The van der Waals surface area contributed by atoms with Gasteiger partial charge in [-0.25, -0.2) is 15.0 Å². The van der Waals surface area contributed by atoms with Crippen LogP contribution in [0.1, 0.15) is 6.23 Å². The quantitative estimate of drug-likeness (QED) is 0.139. The maximum atomic E-state index is 11.7. The highest BCUT2D eigenvalue weighted by Crippen LogP contribution is 2.32. The monoisotopic (exact) mass is 465 g/mol. The number of aromatic nitrogens is 8. The Morgan fingerprint density at radius 3 is 2.53 bits per heavy atom. The maximum Gasteiger partial charge on any atom is 0.280 e. The van der Waals surface area contributed by atoms with Crippen molar-refractivity contribution >= 4 is 52.4 Å². The molecule has 5 heterocycles. The number of nitrogen functional groups attached to an aromatic ring is 3. The Morgan fingerprint density at radius 2 is 1.84 bits per heavy atom. The average molecular weight is 465 g/mol. The van der Waals surface area contributed by atoms with Crippen LogP contribution in [-0.2, 0) is 4.74 Å². The SMILES string of the molecule is Nc1nc(=S)c2[nH]cnc2[nH]1.Nc1nc2c(nc(N)n2[C@@H]2O[C@H](CO)[C@@H](O)[C@H]2O)c(=O)[nH]1. The van der Waals surface area contributed by atoms with Gasteiger partial charge in [-0.1, -0.05) is 12.2 Å². The predicted molar refractivity (Wildman–Crippen MR) is 113 cm³/mol. The third-order valence-corrected chi connectivity index (χ3v) is 4.98. The van der Waals surface area contributed by atoms with Gasteiger partial charge < -0.3 is 47.2 Å². The van der Waals surface area contributed by atoms with Crippen LogP contribution in [-0.4, -0.2) is 79.7 Å². The van der Waals surface area contributed by atoms with Gasteiger partial charge in [-0.3, -0.25) is 14.3 Å². The van der Waals surface area contributed by atoms with Crippen molar-refractivity contribution in [3.63, 3.8) is 0 Å². The zero-order valence-electron chi connectivity index (χ0n) is 16.1. The second-order valence-corrected chi connectivity index (χ2v) is 7.13. The topological polar surface area (TPSA) is 269 Å². The number of rotatable bonds is 2. The smallest absolute Gasteiger partial charge is 0.280 e. The molecule has 0 aromatic carbocycles. The van der Waals surface area contributed by atoms with Crippen molar-refractivity contribution in [2.24, 2.45) is 0 Å². The van der Waals surface area contributed by atoms with Gasteiger partial charge in [-0.15, -0.1) is 0 Å². The fourth-order valence-electron chi connectivity index (χ4n) is 3.23. The zero-order chi connectivity index (χ0) is 23.2. The first-order valence-electron chi connectivity index (χ1n) is 9.05. The van der Waals surface area contributed by atoms with Crippen LogP contribution in [0, 0.1) is 4.64 Å². The fraction of sp³-hybridized carbons (Fsp3) is 0.333. The fourth-order valence-corrected chi connectivity index (χ4v) is 3.48. The lowest BCUT2D eigenvalue weighted by Crippen LogP contribution is -2.33. The van der Waals surface area contributed by atoms with E-state index in [0.29, 0.717) is 15.8 Å². The molecule has 12 N–H and O–H groups in total. The van der Waals surface area contributed by atoms with Crippen molar-refractivity contribution in [2.45, 2.75) is 24.5 Å². The molecule has 0 bridgehead atoms. The van der Waals surface area contributed by atoms with Crippen molar-refractivity contribution in [1.29, 1.82) is 0 Å². The van der Waals surface area contributed by atoms with Gasteiger partial charge in [0.15, 0.2) is 27.7 Å². The summed E-state index contributed by atoms with van der Waals surface area (Å²) in [7, 11) is 0. The van der Waals surface area contributed by atoms with Gasteiger partial charge in [0.2, 0.25) is 17.8 Å². The average Bonchev–Trinajstić information content (AvgIpc) is 3.40. The molecule has 170 valence electrons. The number of H-pyrrole nitrogens is 3. The second kappa shape index (κ2) is 8.13. The lowest BCUT2D eigenvalue weighted by Gasteiger charge is -2.17. The summed E-state index contributed by atoms with van der Waals surface area (Å²) in [6.07, 6.45) is -3.27. The number of aromatic amines is 3. The van der Waals surface area contributed by atoms with Crippen LogP contribution in [0.5, 0.6) is 0 Å². The summed E-state index contributed by atoms with van der Waals surface area (Å²) in [4.78, 5) is 35.2. The van der Waals surface area contributed by atoms with Crippen LogP contribution in [0.25, 0.3) is 22.3 Å². The van der Waals surface area contributed by atoms with Gasteiger partial charge in [0, 0.05) is 0 Å². The van der Waals surface area contributed by atoms with Crippen molar-refractivity contribution in [3.05, 3.63) is 21.3 Å². The Morgan fingerprint density at radius 1 is 1.12 bits per heavy atom. The van der Waals surface area contributed by atoms with E-state index in [-0.39, 0.29) is 29.0 Å². The van der Waals surface area contributed by atoms with E-state index in [1.54, 1.807) is 0 Å². The van der Waals surface area contributed by atoms with Crippen molar-refractivity contribution in [3.8, 4) is 0 Å². The third-order valence-electron chi connectivity index (χ3n) is 4.69. The lowest BCUT2D eigenvalue weighted by atomic mass is 10.1. The van der Waals surface area contributed by atoms with Crippen LogP contribution in [0.2, 0.25) is 0 Å². The molecular weight excluding hydrogens is 446 g/mol. The van der Waals surface area contributed by atoms with Gasteiger partial charge in [-0.2, -0.15) is 4.98 Å². The molecule has 5 rings (SSSR count). The summed E-state index contributed by atoms with van der Waals surface area (Å²) in [6.45, 7) is -0.489. The molecule has 1 saturated heterocycles. The predicted octanol–water partition coefficient (Wildman–Crippen LogP) is -2.51. The minimum absolute atomic E-state index is 0.0172. The number of nitrogens with two attached hydrogens (primary N) is 3. The van der Waals surface area contributed by atoms with Crippen molar-refractivity contribution in [1.82, 2.24) is 39.5 Å². The Bertz CT molecular complexity index is 1390. The van der Waals surface area contributed by atoms with E-state index >= 15 is 0 Å². The number of fused-ring (bicyclic) bond motifs is 2. The van der Waals surface area contributed by atoms with Crippen molar-refractivity contribution < 1.29 is 20.1 Å². The number of hydrogen-bond donors (Lipinski definition) is 9. The molecule has 4 aromatic heterocycles. The first kappa shape index (κ1) is 21.6. The number of imidazole rings is 2. The van der Waals surface area contributed by atoms with E-state index in [4.69, 9.17) is 39.3 Å². The third kappa shape index (κ3) is 3.63. The number of aliphatic hydroxyl groups excluding tert-OH is 3. The highest BCUT2D eigenvalue weighted by molar-refractivity contribution is 7.71. The van der Waals surface area contributed by atoms with E-state index in [0.717, 1.165) is 4.57 Å². The van der Waals surface area contributed by atoms with Gasteiger partial charge in [0.05, 0.1) is 12.9 Å². The lowest BCUT2D eigenvalue weighted by molar-refractivity contribution is -0.0500. The number of aliphatic hydroxyl groups is 3. The molecule has 0 saturated carbocycles. The van der Waals surface area contributed by atoms with Crippen LogP contribution in [0.15, 0.2) is 11.1 Å². The van der Waals surface area contributed by atoms with E-state index in [9.17, 15) is 15.0 Å². The molecule has 1 aliphatic heterocycles. The molecule has 32 heavy (non-hydrogen) atoms. The van der Waals surface area contributed by atoms with E-state index in [2.05, 4.69) is 34.9 Å². The van der Waals surface area contributed by atoms with Gasteiger partial charge in [0.1, 0.15) is 23.8 Å². The molecule has 0 unspecified atom stereocenters. The van der Waals surface area contributed by atoms with E-state index in [1.807, 2.05) is 0 Å². The molecule has 0 spiro atoms. The Hall–Kier alpha value is -3.64. The normalized spacial score (nSPS) is 22.8. The van der Waals surface area contributed by atoms with Crippen LogP contribution < -0.4 is 22.8 Å². The molecule has 0 aliphatic carbocycles. The maximum absolute atomic E-state index is 11.7. The summed E-state index contributed by atoms with van der Waals surface area (Å²) < 4.78 is 6.94. The van der Waals surface area contributed by atoms with Crippen LogP contribution in [0.3, 0.4) is 0 Å². The Kier molecular flexibility index (Phi) is 5.48. The van der Waals surface area contributed by atoms with Crippen molar-refractivity contribution in [2.75, 3.05) is 23.8 Å². The largest absolute Gasteiger partial charge is 0.394 e. The first-order chi connectivity index (χ1) is 15.2. The molecule has 1 fully saturated rings. The number of ether oxygens (including phenoxy) is 1. The van der Waals surface area contributed by atoms with E-state index < -0.39 is 36.7 Å². The minimum atomic E-state index is -1.37. The summed E-state index contributed by atoms with van der Waals surface area (Å²) in [6, 6.07) is 0. The standard InChI is InChI=1S/C10H14N6O5.C5H5N5S/c11-9-14-6-3(7(20)15-9)13-10(12)16(6)8-5(19)4(18)2(1-17)21-8;6-5-9-3-2(4(11)10-5)7-1-8-3/h2,4-5,8,17-19H,1H2,(H2,12,13)(H3,11,14,15,20);1H,(H4,6,7,8,9,10,11)/t2-,4-,5-,8-;/m1./s1. The number of nitrogens with one attached hydrogen (secondary N) is 3. The van der Waals surface area contributed by atoms with Gasteiger partial charge >= 0.3 is 0 Å². The minimum Gasteiger partial charge on any atom is -0.394 e. The molecule has 0 amide bonds. The van der Waals surface area contributed by atoms with Gasteiger partial charge in [-0.05, 0) is 0 Å². The second-order valence-electron chi connectivity index (χ2n) is 6.75. The summed E-state index contributed by atoms with van der Waals surface area (Å²) in [5.41, 5.74) is 17.3.